The molecule has 2 saturated carbocycles. The molecule has 0 aliphatic heterocycles. The highest BCUT2D eigenvalue weighted by Crippen LogP contribution is 2.48. The van der Waals surface area contributed by atoms with E-state index in [1.165, 1.54) is 44.9 Å². The van der Waals surface area contributed by atoms with Crippen molar-refractivity contribution in [2.45, 2.75) is 51.4 Å². The average Bonchev–Trinajstić information content (AvgIpc) is 2.61. The summed E-state index contributed by atoms with van der Waals surface area (Å²) < 4.78 is 5.63. The van der Waals surface area contributed by atoms with Gasteiger partial charge in [0.15, 0.2) is 0 Å². The van der Waals surface area contributed by atoms with E-state index in [0.717, 1.165) is 18.9 Å². The zero-order valence-electron chi connectivity index (χ0n) is 15.4. The molecule has 26 heavy (non-hydrogen) atoms. The van der Waals surface area contributed by atoms with Gasteiger partial charge in [-0.05, 0) is 55.2 Å². The Morgan fingerprint density at radius 2 is 2.00 bits per heavy atom. The molecule has 0 heterocycles. The molecule has 1 aromatic rings. The maximum atomic E-state index is 12.7. The van der Waals surface area contributed by atoms with Crippen LogP contribution in [0.2, 0.25) is 5.02 Å². The van der Waals surface area contributed by atoms with Crippen LogP contribution in [0.3, 0.4) is 0 Å². The third-order valence-electron chi connectivity index (χ3n) is 5.71. The second-order valence-corrected chi connectivity index (χ2v) is 8.36. The van der Waals surface area contributed by atoms with E-state index in [1.807, 2.05) is 0 Å². The molecule has 2 aliphatic carbocycles. The molecule has 2 radical (unpaired) electrons. The molecule has 1 N–H and O–H groups in total. The second kappa shape index (κ2) is 9.85. The number of carbonyl (C=O) groups excluding carboxylic acids is 1. The van der Waals surface area contributed by atoms with E-state index in [4.69, 9.17) is 27.9 Å². The van der Waals surface area contributed by atoms with Crippen LogP contribution in [0.1, 0.15) is 61.7 Å². The third-order valence-corrected chi connectivity index (χ3v) is 6.31. The van der Waals surface area contributed by atoms with Gasteiger partial charge in [0.1, 0.15) is 5.75 Å². The summed E-state index contributed by atoms with van der Waals surface area (Å²) >= 11 is 11.9. The number of hydrogen-bond acceptors (Lipinski definition) is 2. The lowest BCUT2D eigenvalue weighted by molar-refractivity contribution is 0.0681. The van der Waals surface area contributed by atoms with Crippen molar-refractivity contribution in [1.82, 2.24) is 5.32 Å². The van der Waals surface area contributed by atoms with Crippen molar-refractivity contribution in [3.63, 3.8) is 0 Å². The average molecular weight is 398 g/mol. The standard InChI is InChI=1S/C20H27Cl2NO2.CH2/c21-10-3-11-25-16-6-7-18(22)17(12-16)19(24)23-14-20-8-1-4-15(13-20)5-2-9-20;/h6-7,12,15H,1-5,8-11,13-14H2,(H,23,24);1H2. The molecule has 5 heteroatoms. The summed E-state index contributed by atoms with van der Waals surface area (Å²) in [6, 6.07) is 5.25. The minimum absolute atomic E-state index is 0. The van der Waals surface area contributed by atoms with Gasteiger partial charge in [-0.1, -0.05) is 44.7 Å². The predicted molar refractivity (Wildman–Crippen MR) is 108 cm³/mol. The summed E-state index contributed by atoms with van der Waals surface area (Å²) in [5.74, 6) is 1.98. The van der Waals surface area contributed by atoms with Crippen LogP contribution in [0.4, 0.5) is 0 Å². The first-order valence-corrected chi connectivity index (χ1v) is 10.3. The fourth-order valence-corrected chi connectivity index (χ4v) is 4.76. The SMILES string of the molecule is O=C(NCC12CCCC(CCC1)C2)c1cc(OCCCCl)ccc1Cl.[CH2]. The van der Waals surface area contributed by atoms with Crippen LogP contribution in [0, 0.1) is 18.8 Å². The highest BCUT2D eigenvalue weighted by molar-refractivity contribution is 6.33. The third kappa shape index (κ3) is 5.29. The summed E-state index contributed by atoms with van der Waals surface area (Å²) in [5.41, 5.74) is 0.794. The van der Waals surface area contributed by atoms with Gasteiger partial charge in [0.2, 0.25) is 0 Å². The molecular formula is C21H29Cl2NO2. The Hall–Kier alpha value is -0.930. The van der Waals surface area contributed by atoms with E-state index in [0.29, 0.717) is 34.2 Å². The van der Waals surface area contributed by atoms with Gasteiger partial charge in [-0.3, -0.25) is 4.79 Å². The number of nitrogens with one attached hydrogen (secondary N) is 1. The number of carbonyl (C=O) groups is 1. The zero-order chi connectivity index (χ0) is 17.7. The van der Waals surface area contributed by atoms with E-state index in [9.17, 15) is 4.79 Å². The van der Waals surface area contributed by atoms with E-state index >= 15 is 0 Å². The maximum Gasteiger partial charge on any atom is 0.252 e. The molecule has 3 nitrogen and oxygen atoms in total. The first-order chi connectivity index (χ1) is 12.1. The van der Waals surface area contributed by atoms with Gasteiger partial charge >= 0.3 is 0 Å². The van der Waals surface area contributed by atoms with Crippen molar-refractivity contribution in [2.24, 2.45) is 11.3 Å². The molecule has 0 aromatic heterocycles. The number of ether oxygens (including phenoxy) is 1. The number of fused-ring (bicyclic) bond motifs is 2. The van der Waals surface area contributed by atoms with Crippen molar-refractivity contribution in [1.29, 1.82) is 0 Å². The Morgan fingerprint density at radius 1 is 1.27 bits per heavy atom. The number of alkyl halides is 1. The van der Waals surface area contributed by atoms with Gasteiger partial charge in [-0.25, -0.2) is 0 Å². The van der Waals surface area contributed by atoms with Gasteiger partial charge in [0.25, 0.3) is 5.91 Å². The Bertz CT molecular complexity index is 596. The highest BCUT2D eigenvalue weighted by atomic mass is 35.5. The quantitative estimate of drug-likeness (QED) is 0.468. The fraction of sp³-hybridized carbons (Fsp3) is 0.619. The van der Waals surface area contributed by atoms with Crippen molar-refractivity contribution in [3.05, 3.63) is 36.2 Å². The Kier molecular flexibility index (Phi) is 8.09. The topological polar surface area (TPSA) is 38.3 Å². The predicted octanol–water partition coefficient (Wildman–Crippen LogP) is 5.77. The van der Waals surface area contributed by atoms with E-state index in [-0.39, 0.29) is 13.3 Å². The molecule has 2 aliphatic rings. The number of hydrogen-bond donors (Lipinski definition) is 1. The largest absolute Gasteiger partial charge is 0.494 e. The highest BCUT2D eigenvalue weighted by Gasteiger charge is 2.39. The molecule has 0 atom stereocenters. The Balaban J connectivity index is 0.00000243. The van der Waals surface area contributed by atoms with Crippen molar-refractivity contribution in [2.75, 3.05) is 19.0 Å². The summed E-state index contributed by atoms with van der Waals surface area (Å²) in [4.78, 5) is 12.7. The monoisotopic (exact) mass is 397 g/mol. The molecule has 2 bridgehead atoms. The lowest BCUT2D eigenvalue weighted by Gasteiger charge is -2.45. The smallest absolute Gasteiger partial charge is 0.252 e. The minimum atomic E-state index is -0.102. The summed E-state index contributed by atoms with van der Waals surface area (Å²) in [5, 5.41) is 3.61. The first kappa shape index (κ1) is 21.4. The Morgan fingerprint density at radius 3 is 2.69 bits per heavy atom. The van der Waals surface area contributed by atoms with Gasteiger partial charge in [-0.2, -0.15) is 0 Å². The molecule has 144 valence electrons. The van der Waals surface area contributed by atoms with Crippen LogP contribution in [0.5, 0.6) is 5.75 Å². The van der Waals surface area contributed by atoms with Crippen LogP contribution in [-0.4, -0.2) is 24.9 Å². The van der Waals surface area contributed by atoms with Crippen LogP contribution >= 0.6 is 23.2 Å². The van der Waals surface area contributed by atoms with Crippen molar-refractivity contribution in [3.8, 4) is 5.75 Å². The second-order valence-electron chi connectivity index (χ2n) is 7.57. The van der Waals surface area contributed by atoms with Gasteiger partial charge in [0.05, 0.1) is 17.2 Å². The van der Waals surface area contributed by atoms with Crippen molar-refractivity contribution < 1.29 is 9.53 Å². The number of amides is 1. The summed E-state index contributed by atoms with van der Waals surface area (Å²) in [6.07, 6.45) is 9.83. The van der Waals surface area contributed by atoms with E-state index in [1.54, 1.807) is 18.2 Å². The van der Waals surface area contributed by atoms with E-state index < -0.39 is 0 Å². The van der Waals surface area contributed by atoms with E-state index in [2.05, 4.69) is 5.32 Å². The summed E-state index contributed by atoms with van der Waals surface area (Å²) in [7, 11) is 0. The van der Waals surface area contributed by atoms with Crippen LogP contribution in [0.25, 0.3) is 0 Å². The van der Waals surface area contributed by atoms with Crippen LogP contribution < -0.4 is 10.1 Å². The molecular weight excluding hydrogens is 369 g/mol. The zero-order valence-corrected chi connectivity index (χ0v) is 16.9. The first-order valence-electron chi connectivity index (χ1n) is 9.38. The molecule has 1 aromatic carbocycles. The summed E-state index contributed by atoms with van der Waals surface area (Å²) in [6.45, 7) is 1.30. The van der Waals surface area contributed by atoms with Gasteiger partial charge in [0, 0.05) is 12.4 Å². The number of rotatable bonds is 7. The normalized spacial score (nSPS) is 24.5. The molecule has 0 spiro atoms. The molecule has 0 unspecified atom stereocenters. The number of halogens is 2. The fourth-order valence-electron chi connectivity index (χ4n) is 4.45. The lowest BCUT2D eigenvalue weighted by Crippen LogP contribution is -2.43. The van der Waals surface area contributed by atoms with Crippen LogP contribution in [-0.2, 0) is 0 Å². The lowest BCUT2D eigenvalue weighted by atomic mass is 9.62. The van der Waals surface area contributed by atoms with Gasteiger partial charge < -0.3 is 10.1 Å². The molecule has 0 saturated heterocycles. The van der Waals surface area contributed by atoms with Gasteiger partial charge in [-0.15, -0.1) is 11.6 Å². The molecule has 1 amide bonds. The molecule has 3 rings (SSSR count). The Labute approximate surface area is 167 Å². The van der Waals surface area contributed by atoms with Crippen molar-refractivity contribution >= 4 is 29.1 Å². The minimum Gasteiger partial charge on any atom is -0.494 e. The molecule has 2 fully saturated rings. The number of benzene rings is 1. The maximum absolute atomic E-state index is 12.7. The van der Waals surface area contributed by atoms with Crippen LogP contribution in [0.15, 0.2) is 18.2 Å².